The molecular weight excluding hydrogens is 258 g/mol. The predicted molar refractivity (Wildman–Crippen MR) is 79.4 cm³/mol. The van der Waals surface area contributed by atoms with Gasteiger partial charge in [-0.3, -0.25) is 9.59 Å². The molecule has 0 saturated carbocycles. The summed E-state index contributed by atoms with van der Waals surface area (Å²) in [6.07, 6.45) is 1.48. The molecular formula is C15H19NO2S. The molecule has 0 aromatic heterocycles. The van der Waals surface area contributed by atoms with E-state index in [2.05, 4.69) is 13.0 Å². The molecule has 1 aliphatic heterocycles. The number of rotatable bonds is 4. The Bertz CT molecular complexity index is 487. The normalized spacial score (nSPS) is 18.9. The topological polar surface area (TPSA) is 37.4 Å². The maximum atomic E-state index is 12.1. The highest BCUT2D eigenvalue weighted by atomic mass is 32.2. The van der Waals surface area contributed by atoms with Crippen molar-refractivity contribution >= 4 is 28.5 Å². The van der Waals surface area contributed by atoms with Crippen molar-refractivity contribution in [1.82, 2.24) is 0 Å². The first-order chi connectivity index (χ1) is 9.11. The minimum atomic E-state index is 0.125. The van der Waals surface area contributed by atoms with Crippen LogP contribution in [0.25, 0.3) is 0 Å². The molecule has 19 heavy (non-hydrogen) atoms. The van der Waals surface area contributed by atoms with E-state index in [-0.39, 0.29) is 16.9 Å². The van der Waals surface area contributed by atoms with Crippen LogP contribution in [0.15, 0.2) is 24.3 Å². The molecule has 1 aromatic carbocycles. The zero-order chi connectivity index (χ0) is 13.8. The molecule has 3 nitrogen and oxygen atoms in total. The van der Waals surface area contributed by atoms with Crippen molar-refractivity contribution in [2.75, 3.05) is 17.2 Å². The average Bonchev–Trinajstić information content (AvgIpc) is 2.77. The molecule has 1 aromatic rings. The van der Waals surface area contributed by atoms with Gasteiger partial charge < -0.3 is 4.90 Å². The molecule has 1 unspecified atom stereocenters. The molecule has 1 atom stereocenters. The van der Waals surface area contributed by atoms with Gasteiger partial charge in [-0.1, -0.05) is 36.9 Å². The van der Waals surface area contributed by atoms with Gasteiger partial charge in [0.05, 0.1) is 0 Å². The lowest BCUT2D eigenvalue weighted by atomic mass is 10.1. The van der Waals surface area contributed by atoms with Gasteiger partial charge >= 0.3 is 0 Å². The molecule has 0 spiro atoms. The fraction of sp³-hybridized carbons (Fsp3) is 0.467. The molecule has 2 rings (SSSR count). The van der Waals surface area contributed by atoms with Gasteiger partial charge in [-0.05, 0) is 24.0 Å². The van der Waals surface area contributed by atoms with Gasteiger partial charge in [-0.15, -0.1) is 0 Å². The van der Waals surface area contributed by atoms with Crippen LogP contribution in [-0.2, 0) is 16.0 Å². The van der Waals surface area contributed by atoms with Crippen molar-refractivity contribution in [1.29, 1.82) is 0 Å². The van der Waals surface area contributed by atoms with Crippen molar-refractivity contribution < 1.29 is 9.59 Å². The Balaban J connectivity index is 2.09. The lowest BCUT2D eigenvalue weighted by molar-refractivity contribution is -0.117. The molecule has 0 bridgehead atoms. The van der Waals surface area contributed by atoms with E-state index in [0.29, 0.717) is 6.42 Å². The lowest BCUT2D eigenvalue weighted by Gasteiger charge is -2.19. The zero-order valence-electron chi connectivity index (χ0n) is 11.4. The third-order valence-corrected chi connectivity index (χ3v) is 4.44. The number of aryl methyl sites for hydroxylation is 1. The van der Waals surface area contributed by atoms with E-state index in [9.17, 15) is 9.59 Å². The number of thioether (sulfide) groups is 1. The Morgan fingerprint density at radius 2 is 2.16 bits per heavy atom. The van der Waals surface area contributed by atoms with Gasteiger partial charge in [-0.2, -0.15) is 0 Å². The second kappa shape index (κ2) is 6.24. The van der Waals surface area contributed by atoms with E-state index in [4.69, 9.17) is 0 Å². The Labute approximate surface area is 118 Å². The first kappa shape index (κ1) is 14.1. The highest BCUT2D eigenvalue weighted by Gasteiger charge is 2.31. The average molecular weight is 277 g/mol. The minimum absolute atomic E-state index is 0.125. The van der Waals surface area contributed by atoms with E-state index in [1.807, 2.05) is 23.1 Å². The molecule has 0 radical (unpaired) electrons. The first-order valence-corrected chi connectivity index (χ1v) is 7.62. The summed E-state index contributed by atoms with van der Waals surface area (Å²) in [6.45, 7) is 4.41. The highest BCUT2D eigenvalue weighted by Crippen LogP contribution is 2.29. The Kier molecular flexibility index (Phi) is 4.64. The molecule has 1 saturated heterocycles. The Morgan fingerprint density at radius 3 is 2.84 bits per heavy atom. The highest BCUT2D eigenvalue weighted by molar-refractivity contribution is 8.13. The van der Waals surface area contributed by atoms with Crippen LogP contribution in [0, 0.1) is 5.92 Å². The molecule has 1 amide bonds. The van der Waals surface area contributed by atoms with Crippen LogP contribution < -0.4 is 4.90 Å². The summed E-state index contributed by atoms with van der Waals surface area (Å²) in [5, 5.41) is 0.125. The van der Waals surface area contributed by atoms with Crippen molar-refractivity contribution in [3.05, 3.63) is 29.8 Å². The summed E-state index contributed by atoms with van der Waals surface area (Å²) >= 11 is 1.32. The minimum Gasteiger partial charge on any atom is -0.312 e. The van der Waals surface area contributed by atoms with Crippen molar-refractivity contribution in [2.45, 2.75) is 26.7 Å². The second-order valence-electron chi connectivity index (χ2n) is 4.86. The third-order valence-electron chi connectivity index (χ3n) is 3.39. The molecule has 0 aliphatic carbocycles. The second-order valence-corrected chi connectivity index (χ2v) is 6.06. The van der Waals surface area contributed by atoms with Gasteiger partial charge in [-0.25, -0.2) is 0 Å². The molecule has 1 aliphatic rings. The smallest absolute Gasteiger partial charge is 0.227 e. The number of hydrogen-bond acceptors (Lipinski definition) is 3. The predicted octanol–water partition coefficient (Wildman–Crippen LogP) is 2.88. The zero-order valence-corrected chi connectivity index (χ0v) is 12.2. The summed E-state index contributed by atoms with van der Waals surface area (Å²) in [5.41, 5.74) is 2.24. The Hall–Kier alpha value is -1.29. The number of hydrogen-bond donors (Lipinski definition) is 0. The van der Waals surface area contributed by atoms with Gasteiger partial charge in [0.15, 0.2) is 5.12 Å². The van der Waals surface area contributed by atoms with Crippen LogP contribution in [-0.4, -0.2) is 23.3 Å². The number of benzene rings is 1. The van der Waals surface area contributed by atoms with Crippen molar-refractivity contribution in [3.63, 3.8) is 0 Å². The largest absolute Gasteiger partial charge is 0.312 e. The third kappa shape index (κ3) is 3.38. The molecule has 1 heterocycles. The van der Waals surface area contributed by atoms with Crippen LogP contribution in [0.4, 0.5) is 5.69 Å². The van der Waals surface area contributed by atoms with Gasteiger partial charge in [0.2, 0.25) is 5.91 Å². The summed E-state index contributed by atoms with van der Waals surface area (Å²) in [4.78, 5) is 25.0. The van der Waals surface area contributed by atoms with Crippen LogP contribution in [0.3, 0.4) is 0 Å². The fourth-order valence-electron chi connectivity index (χ4n) is 2.43. The standard InChI is InChI=1S/C15H19NO2S/c1-3-13-6-4-5-7-14(13)16-9-12(8-15(16)18)10-19-11(2)17/h4-7,12H,3,8-10H2,1-2H3. The molecule has 0 N–H and O–H groups in total. The summed E-state index contributed by atoms with van der Waals surface area (Å²) < 4.78 is 0. The Morgan fingerprint density at radius 1 is 1.42 bits per heavy atom. The van der Waals surface area contributed by atoms with Gasteiger partial charge in [0, 0.05) is 31.3 Å². The maximum absolute atomic E-state index is 12.1. The number of carbonyl (C=O) groups is 2. The lowest BCUT2D eigenvalue weighted by Crippen LogP contribution is -2.25. The number of nitrogens with zero attached hydrogens (tertiary/aromatic N) is 1. The number of para-hydroxylation sites is 1. The van der Waals surface area contributed by atoms with Crippen molar-refractivity contribution in [3.8, 4) is 0 Å². The van der Waals surface area contributed by atoms with Crippen LogP contribution >= 0.6 is 11.8 Å². The number of carbonyl (C=O) groups excluding carboxylic acids is 2. The molecule has 102 valence electrons. The van der Waals surface area contributed by atoms with E-state index in [1.165, 1.54) is 17.3 Å². The van der Waals surface area contributed by atoms with Gasteiger partial charge in [0.25, 0.3) is 0 Å². The SMILES string of the molecule is CCc1ccccc1N1CC(CSC(C)=O)CC1=O. The van der Waals surface area contributed by atoms with Gasteiger partial charge in [0.1, 0.15) is 0 Å². The molecule has 1 fully saturated rings. The van der Waals surface area contributed by atoms with E-state index in [0.717, 1.165) is 24.4 Å². The van der Waals surface area contributed by atoms with E-state index >= 15 is 0 Å². The fourth-order valence-corrected chi connectivity index (χ4v) is 3.13. The van der Waals surface area contributed by atoms with Crippen LogP contribution in [0.1, 0.15) is 25.8 Å². The van der Waals surface area contributed by atoms with Crippen LogP contribution in [0.5, 0.6) is 0 Å². The summed E-state index contributed by atoms with van der Waals surface area (Å²) in [5.74, 6) is 1.20. The summed E-state index contributed by atoms with van der Waals surface area (Å²) in [7, 11) is 0. The summed E-state index contributed by atoms with van der Waals surface area (Å²) in [6, 6.07) is 8.06. The number of amides is 1. The maximum Gasteiger partial charge on any atom is 0.227 e. The molecule has 4 heteroatoms. The first-order valence-electron chi connectivity index (χ1n) is 6.63. The number of anilines is 1. The monoisotopic (exact) mass is 277 g/mol. The quantitative estimate of drug-likeness (QED) is 0.849. The van der Waals surface area contributed by atoms with E-state index in [1.54, 1.807) is 6.92 Å². The van der Waals surface area contributed by atoms with Crippen molar-refractivity contribution in [2.24, 2.45) is 5.92 Å². The van der Waals surface area contributed by atoms with E-state index < -0.39 is 0 Å². The van der Waals surface area contributed by atoms with Crippen LogP contribution in [0.2, 0.25) is 0 Å².